The highest BCUT2D eigenvalue weighted by atomic mass is 35.5. The van der Waals surface area contributed by atoms with Gasteiger partial charge in [-0.3, -0.25) is 4.79 Å². The monoisotopic (exact) mass is 317 g/mol. The molecule has 0 radical (unpaired) electrons. The number of nitrogens with zero attached hydrogens (tertiary/aromatic N) is 1. The highest BCUT2D eigenvalue weighted by molar-refractivity contribution is 5.93. The van der Waals surface area contributed by atoms with E-state index in [1.807, 2.05) is 18.2 Å². The molecular formula is C17H20ClN3O. The Kier molecular flexibility index (Phi) is 5.16. The molecule has 0 unspecified atom stereocenters. The Bertz CT molecular complexity index is 683. The lowest BCUT2D eigenvalue weighted by molar-refractivity contribution is -0.117. The van der Waals surface area contributed by atoms with E-state index in [0.717, 1.165) is 29.5 Å². The van der Waals surface area contributed by atoms with Crippen molar-refractivity contribution in [2.75, 3.05) is 5.32 Å². The molecule has 1 amide bonds. The van der Waals surface area contributed by atoms with Crippen LogP contribution in [0, 0.1) is 12.8 Å². The SMILES string of the molecule is Cc1cc(-c2ccnc(NC(=O)C3CC3)c2)ccc1CN.Cl. The van der Waals surface area contributed by atoms with Crippen molar-refractivity contribution in [3.05, 3.63) is 47.7 Å². The topological polar surface area (TPSA) is 68.0 Å². The molecule has 2 aromatic rings. The number of pyridine rings is 1. The van der Waals surface area contributed by atoms with Gasteiger partial charge in [0.1, 0.15) is 5.82 Å². The molecule has 1 fully saturated rings. The van der Waals surface area contributed by atoms with E-state index >= 15 is 0 Å². The third-order valence-electron chi connectivity index (χ3n) is 3.86. The molecule has 0 bridgehead atoms. The number of carbonyl (C=O) groups excluding carboxylic acids is 1. The molecule has 3 rings (SSSR count). The van der Waals surface area contributed by atoms with E-state index < -0.39 is 0 Å². The average Bonchev–Trinajstić information content (AvgIpc) is 3.32. The van der Waals surface area contributed by atoms with Gasteiger partial charge in [-0.1, -0.05) is 18.2 Å². The minimum atomic E-state index is 0. The molecule has 0 atom stereocenters. The van der Waals surface area contributed by atoms with Gasteiger partial charge in [-0.2, -0.15) is 0 Å². The van der Waals surface area contributed by atoms with Gasteiger partial charge in [-0.15, -0.1) is 12.4 Å². The van der Waals surface area contributed by atoms with E-state index in [1.54, 1.807) is 6.20 Å². The van der Waals surface area contributed by atoms with Gasteiger partial charge in [0, 0.05) is 18.7 Å². The van der Waals surface area contributed by atoms with E-state index in [2.05, 4.69) is 29.4 Å². The molecular weight excluding hydrogens is 298 g/mol. The maximum atomic E-state index is 11.8. The molecule has 1 aliphatic rings. The fourth-order valence-electron chi connectivity index (χ4n) is 2.36. The number of amides is 1. The molecule has 1 aromatic carbocycles. The van der Waals surface area contributed by atoms with Crippen LogP contribution in [0.3, 0.4) is 0 Å². The van der Waals surface area contributed by atoms with Gasteiger partial charge in [0.05, 0.1) is 0 Å². The van der Waals surface area contributed by atoms with Crippen LogP contribution in [0.15, 0.2) is 36.5 Å². The lowest BCUT2D eigenvalue weighted by atomic mass is 10.0. The molecule has 1 aliphatic carbocycles. The van der Waals surface area contributed by atoms with Crippen molar-refractivity contribution < 1.29 is 4.79 Å². The van der Waals surface area contributed by atoms with Gasteiger partial charge in [0.15, 0.2) is 0 Å². The first-order valence-corrected chi connectivity index (χ1v) is 7.24. The number of anilines is 1. The second-order valence-corrected chi connectivity index (χ2v) is 5.54. The number of aryl methyl sites for hydroxylation is 1. The van der Waals surface area contributed by atoms with Crippen molar-refractivity contribution in [1.82, 2.24) is 4.98 Å². The summed E-state index contributed by atoms with van der Waals surface area (Å²) in [6.07, 6.45) is 3.71. The first kappa shape index (κ1) is 16.5. The largest absolute Gasteiger partial charge is 0.326 e. The van der Waals surface area contributed by atoms with Gasteiger partial charge < -0.3 is 11.1 Å². The van der Waals surface area contributed by atoms with Gasteiger partial charge >= 0.3 is 0 Å². The summed E-state index contributed by atoms with van der Waals surface area (Å²) in [5, 5.41) is 2.88. The fourth-order valence-corrected chi connectivity index (χ4v) is 2.36. The van der Waals surface area contributed by atoms with E-state index in [4.69, 9.17) is 5.73 Å². The van der Waals surface area contributed by atoms with Crippen LogP contribution < -0.4 is 11.1 Å². The zero-order valence-corrected chi connectivity index (χ0v) is 13.3. The summed E-state index contributed by atoms with van der Waals surface area (Å²) < 4.78 is 0. The van der Waals surface area contributed by atoms with E-state index in [0.29, 0.717) is 12.4 Å². The summed E-state index contributed by atoms with van der Waals surface area (Å²) in [5.41, 5.74) is 10.2. The molecule has 1 heterocycles. The van der Waals surface area contributed by atoms with Crippen LogP contribution in [-0.4, -0.2) is 10.9 Å². The Labute approximate surface area is 136 Å². The number of hydrogen-bond donors (Lipinski definition) is 2. The van der Waals surface area contributed by atoms with Crippen molar-refractivity contribution in [3.63, 3.8) is 0 Å². The van der Waals surface area contributed by atoms with E-state index in [1.165, 1.54) is 5.56 Å². The van der Waals surface area contributed by atoms with Crippen molar-refractivity contribution in [3.8, 4) is 11.1 Å². The zero-order valence-electron chi connectivity index (χ0n) is 12.5. The molecule has 5 heteroatoms. The predicted molar refractivity (Wildman–Crippen MR) is 90.9 cm³/mol. The number of nitrogens with one attached hydrogen (secondary N) is 1. The Balaban J connectivity index is 0.00000176. The molecule has 3 N–H and O–H groups in total. The number of aromatic nitrogens is 1. The van der Waals surface area contributed by atoms with Crippen molar-refractivity contribution in [1.29, 1.82) is 0 Å². The number of hydrogen-bond acceptors (Lipinski definition) is 3. The molecule has 0 aliphatic heterocycles. The maximum absolute atomic E-state index is 11.8. The Hall–Kier alpha value is -1.91. The lowest BCUT2D eigenvalue weighted by Crippen LogP contribution is -2.14. The zero-order chi connectivity index (χ0) is 14.8. The molecule has 4 nitrogen and oxygen atoms in total. The Morgan fingerprint density at radius 2 is 2.00 bits per heavy atom. The summed E-state index contributed by atoms with van der Waals surface area (Å²) in [7, 11) is 0. The first-order chi connectivity index (χ1) is 10.2. The van der Waals surface area contributed by atoms with Gasteiger partial charge in [-0.25, -0.2) is 4.98 Å². The van der Waals surface area contributed by atoms with Crippen molar-refractivity contribution in [2.24, 2.45) is 11.7 Å². The minimum absolute atomic E-state index is 0. The van der Waals surface area contributed by atoms with Gasteiger partial charge in [-0.05, 0) is 54.2 Å². The van der Waals surface area contributed by atoms with Crippen LogP contribution in [0.2, 0.25) is 0 Å². The highest BCUT2D eigenvalue weighted by Gasteiger charge is 2.29. The summed E-state index contributed by atoms with van der Waals surface area (Å²) in [5.74, 6) is 0.876. The summed E-state index contributed by atoms with van der Waals surface area (Å²) in [4.78, 5) is 16.0. The molecule has 1 aromatic heterocycles. The number of nitrogens with two attached hydrogens (primary N) is 1. The number of benzene rings is 1. The molecule has 0 saturated heterocycles. The van der Waals surface area contributed by atoms with E-state index in [-0.39, 0.29) is 24.2 Å². The predicted octanol–water partition coefficient (Wildman–Crippen LogP) is 3.29. The quantitative estimate of drug-likeness (QED) is 0.909. The maximum Gasteiger partial charge on any atom is 0.228 e. The lowest BCUT2D eigenvalue weighted by Gasteiger charge is -2.09. The van der Waals surface area contributed by atoms with Crippen LogP contribution in [0.25, 0.3) is 11.1 Å². The highest BCUT2D eigenvalue weighted by Crippen LogP contribution is 2.30. The number of rotatable bonds is 4. The van der Waals surface area contributed by atoms with Gasteiger partial charge in [0.25, 0.3) is 0 Å². The minimum Gasteiger partial charge on any atom is -0.326 e. The van der Waals surface area contributed by atoms with Crippen LogP contribution >= 0.6 is 12.4 Å². The average molecular weight is 318 g/mol. The second-order valence-electron chi connectivity index (χ2n) is 5.54. The van der Waals surface area contributed by atoms with Gasteiger partial charge in [0.2, 0.25) is 5.91 Å². The van der Waals surface area contributed by atoms with Crippen LogP contribution in [0.5, 0.6) is 0 Å². The summed E-state index contributed by atoms with van der Waals surface area (Å²) in [6.45, 7) is 2.60. The molecule has 0 spiro atoms. The van der Waals surface area contributed by atoms with Crippen LogP contribution in [0.1, 0.15) is 24.0 Å². The third-order valence-corrected chi connectivity index (χ3v) is 3.86. The molecule has 116 valence electrons. The Morgan fingerprint density at radius 3 is 2.64 bits per heavy atom. The third kappa shape index (κ3) is 3.64. The normalized spacial score (nSPS) is 13.4. The fraction of sp³-hybridized carbons (Fsp3) is 0.294. The smallest absolute Gasteiger partial charge is 0.228 e. The van der Waals surface area contributed by atoms with Crippen LogP contribution in [0.4, 0.5) is 5.82 Å². The molecule has 1 saturated carbocycles. The van der Waals surface area contributed by atoms with Crippen LogP contribution in [-0.2, 0) is 11.3 Å². The van der Waals surface area contributed by atoms with Crippen molar-refractivity contribution >= 4 is 24.1 Å². The first-order valence-electron chi connectivity index (χ1n) is 7.24. The molecule has 22 heavy (non-hydrogen) atoms. The van der Waals surface area contributed by atoms with Crippen molar-refractivity contribution in [2.45, 2.75) is 26.3 Å². The number of halogens is 1. The summed E-state index contributed by atoms with van der Waals surface area (Å²) in [6, 6.07) is 10.1. The Morgan fingerprint density at radius 1 is 1.27 bits per heavy atom. The standard InChI is InChI=1S/C17H19N3O.ClH/c1-11-8-13(4-5-15(11)10-18)14-6-7-19-16(9-14)20-17(21)12-2-3-12;/h4-9,12H,2-3,10,18H2,1H3,(H,19,20,21);1H. The number of carbonyl (C=O) groups is 1. The summed E-state index contributed by atoms with van der Waals surface area (Å²) >= 11 is 0. The van der Waals surface area contributed by atoms with E-state index in [9.17, 15) is 4.79 Å². The second kappa shape index (κ2) is 6.90.